The average molecular weight is 602 g/mol. The molecule has 0 aromatic heterocycles. The Hall–Kier alpha value is -5.14. The molecule has 0 heterocycles. The lowest BCUT2D eigenvalue weighted by Crippen LogP contribution is -2.70. The van der Waals surface area contributed by atoms with Gasteiger partial charge in [0.2, 0.25) is 0 Å². The first-order valence-electron chi connectivity index (χ1n) is 17.4. The molecule has 7 aromatic rings. The van der Waals surface area contributed by atoms with Gasteiger partial charge in [0.15, 0.2) is 0 Å². The number of rotatable bonds is 4. The molecule has 1 heteroatoms. The summed E-state index contributed by atoms with van der Waals surface area (Å²) in [7, 11) is 0. The van der Waals surface area contributed by atoms with Crippen molar-refractivity contribution in [2.75, 3.05) is 4.90 Å². The van der Waals surface area contributed by atoms with Crippen LogP contribution in [0.1, 0.15) is 42.2 Å². The van der Waals surface area contributed by atoms with Gasteiger partial charge in [-0.05, 0) is 140 Å². The van der Waals surface area contributed by atoms with Crippen molar-refractivity contribution < 1.29 is 0 Å². The topological polar surface area (TPSA) is 3.24 Å². The van der Waals surface area contributed by atoms with Crippen molar-refractivity contribution in [1.82, 2.24) is 0 Å². The van der Waals surface area contributed by atoms with E-state index in [1.165, 1.54) is 80.1 Å². The number of hydrogen-bond acceptors (Lipinski definition) is 1. The van der Waals surface area contributed by atoms with Gasteiger partial charge in [0, 0.05) is 17.1 Å². The van der Waals surface area contributed by atoms with Gasteiger partial charge in [-0.2, -0.15) is 0 Å². The zero-order valence-electron chi connectivity index (χ0n) is 26.3. The summed E-state index contributed by atoms with van der Waals surface area (Å²) in [5.74, 6) is 3.35. The minimum Gasteiger partial charge on any atom is -0.310 e. The highest BCUT2D eigenvalue weighted by atomic mass is 15.1. The van der Waals surface area contributed by atoms with E-state index in [-0.39, 0.29) is 0 Å². The lowest BCUT2D eigenvalue weighted by Gasteiger charge is -2.78. The Labute approximate surface area is 276 Å². The molecule has 224 valence electrons. The van der Waals surface area contributed by atoms with E-state index in [2.05, 4.69) is 157 Å². The van der Waals surface area contributed by atoms with Gasteiger partial charge >= 0.3 is 0 Å². The highest BCUT2D eigenvalue weighted by Crippen LogP contribution is 2.85. The summed E-state index contributed by atoms with van der Waals surface area (Å²) in [6.07, 6.45) is 4.25. The molecule has 3 saturated carbocycles. The van der Waals surface area contributed by atoms with Gasteiger partial charge in [-0.15, -0.1) is 0 Å². The molecule has 0 amide bonds. The van der Waals surface area contributed by atoms with Crippen LogP contribution >= 0.6 is 0 Å². The van der Waals surface area contributed by atoms with Crippen LogP contribution in [0.5, 0.6) is 0 Å². The molecule has 0 bridgehead atoms. The smallest absolute Gasteiger partial charge is 0.0468 e. The summed E-state index contributed by atoms with van der Waals surface area (Å²) in [5, 5.41) is 5.02. The zero-order valence-corrected chi connectivity index (χ0v) is 26.3. The Morgan fingerprint density at radius 1 is 0.404 bits per heavy atom. The van der Waals surface area contributed by atoms with E-state index < -0.39 is 0 Å². The van der Waals surface area contributed by atoms with Crippen molar-refractivity contribution >= 4 is 38.6 Å². The van der Waals surface area contributed by atoms with Gasteiger partial charge in [-0.25, -0.2) is 0 Å². The predicted octanol–water partition coefficient (Wildman–Crippen LogP) is 12.4. The molecule has 5 atom stereocenters. The molecule has 0 saturated heterocycles. The fourth-order valence-electron chi connectivity index (χ4n) is 10.6. The fraction of sp³-hybridized carbons (Fsp3) is 0.174. The van der Waals surface area contributed by atoms with E-state index in [4.69, 9.17) is 0 Å². The highest BCUT2D eigenvalue weighted by molar-refractivity contribution is 5.93. The number of benzene rings is 7. The number of hydrogen-bond donors (Lipinski definition) is 0. The van der Waals surface area contributed by atoms with Crippen molar-refractivity contribution in [3.05, 3.63) is 163 Å². The second-order valence-electron chi connectivity index (χ2n) is 14.5. The first-order chi connectivity index (χ1) is 23.3. The van der Waals surface area contributed by atoms with Crippen molar-refractivity contribution in [1.29, 1.82) is 0 Å². The van der Waals surface area contributed by atoms with Crippen LogP contribution in [-0.2, 0) is 0 Å². The molecule has 1 nitrogen and oxygen atoms in total. The quantitative estimate of drug-likeness (QED) is 0.194. The van der Waals surface area contributed by atoms with Crippen LogP contribution < -0.4 is 4.90 Å². The Balaban J connectivity index is 1.01. The maximum atomic E-state index is 2.57. The molecule has 47 heavy (non-hydrogen) atoms. The van der Waals surface area contributed by atoms with Gasteiger partial charge in [0.05, 0.1) is 0 Å². The summed E-state index contributed by atoms with van der Waals surface area (Å²) >= 11 is 0. The van der Waals surface area contributed by atoms with Crippen molar-refractivity contribution in [3.8, 4) is 22.3 Å². The van der Waals surface area contributed by atoms with Gasteiger partial charge in [0.1, 0.15) is 0 Å². The molecule has 3 fully saturated rings. The highest BCUT2D eigenvalue weighted by Gasteiger charge is 2.76. The first kappa shape index (κ1) is 26.0. The average Bonchev–Trinajstić information content (AvgIpc) is 3.21. The third-order valence-corrected chi connectivity index (χ3v) is 12.7. The van der Waals surface area contributed by atoms with Crippen LogP contribution in [0.25, 0.3) is 43.8 Å². The monoisotopic (exact) mass is 601 g/mol. The van der Waals surface area contributed by atoms with E-state index >= 15 is 0 Å². The normalized spacial score (nSPS) is 24.4. The first-order valence-corrected chi connectivity index (χ1v) is 17.4. The summed E-state index contributed by atoms with van der Waals surface area (Å²) in [6.45, 7) is 0. The molecule has 1 spiro atoms. The molecule has 0 radical (unpaired) electrons. The van der Waals surface area contributed by atoms with Crippen molar-refractivity contribution in [3.63, 3.8) is 0 Å². The predicted molar refractivity (Wildman–Crippen MR) is 196 cm³/mol. The van der Waals surface area contributed by atoms with E-state index in [0.29, 0.717) is 11.3 Å². The van der Waals surface area contributed by atoms with Gasteiger partial charge in [-0.1, -0.05) is 115 Å². The summed E-state index contributed by atoms with van der Waals surface area (Å²) in [6, 6.07) is 56.9. The van der Waals surface area contributed by atoms with Crippen LogP contribution in [0.2, 0.25) is 0 Å². The van der Waals surface area contributed by atoms with Gasteiger partial charge < -0.3 is 4.90 Å². The number of fused-ring (bicyclic) bond motifs is 7. The number of anilines is 3. The molecule has 4 aliphatic carbocycles. The largest absolute Gasteiger partial charge is 0.310 e. The minimum atomic E-state index is 0.546. The molecule has 0 N–H and O–H groups in total. The Bertz CT molecular complexity index is 2300. The Morgan fingerprint density at radius 3 is 1.60 bits per heavy atom. The van der Waals surface area contributed by atoms with E-state index in [1.54, 1.807) is 11.1 Å². The fourth-order valence-corrected chi connectivity index (χ4v) is 10.6. The van der Waals surface area contributed by atoms with Crippen LogP contribution in [-0.4, -0.2) is 0 Å². The minimum absolute atomic E-state index is 0.546. The van der Waals surface area contributed by atoms with Crippen LogP contribution in [0, 0.1) is 17.3 Å². The van der Waals surface area contributed by atoms with Crippen LogP contribution in [0.3, 0.4) is 0 Å². The van der Waals surface area contributed by atoms with Gasteiger partial charge in [-0.3, -0.25) is 0 Å². The van der Waals surface area contributed by atoms with Crippen LogP contribution in [0.15, 0.2) is 152 Å². The summed E-state index contributed by atoms with van der Waals surface area (Å²) < 4.78 is 0. The SMILES string of the molecule is c1ccc2c(c1)-c1ccc(-c3ccc(N(c4ccc5ccccc5c4)c4ccc5ccccc5c4)cc3)cc1C1CC3CC4CC2C431. The van der Waals surface area contributed by atoms with E-state index in [9.17, 15) is 0 Å². The zero-order chi connectivity index (χ0) is 30.7. The van der Waals surface area contributed by atoms with Crippen molar-refractivity contribution in [2.24, 2.45) is 17.3 Å². The second-order valence-corrected chi connectivity index (χ2v) is 14.5. The third kappa shape index (κ3) is 3.50. The summed E-state index contributed by atoms with van der Waals surface area (Å²) in [4.78, 5) is 2.40. The maximum Gasteiger partial charge on any atom is 0.0468 e. The molecule has 0 aliphatic heterocycles. The van der Waals surface area contributed by atoms with Crippen molar-refractivity contribution in [2.45, 2.75) is 31.1 Å². The number of nitrogens with zero attached hydrogens (tertiary/aromatic N) is 1. The Morgan fingerprint density at radius 2 is 0.936 bits per heavy atom. The lowest BCUT2D eigenvalue weighted by atomic mass is 9.25. The standard InChI is InChI=1S/C46H35N/c1-3-9-32-23-38(20-15-29(32)7-1)47(39-21-16-30-8-2-4-10-33(30)24-39)37-18-13-31(14-19-37)34-17-22-41-40-11-5-6-12-42(40)44-27-35-26-36-28-45(43(41)25-34)46(35,36)44/h1-25,35-36,44-45H,26-28H2. The van der Waals surface area contributed by atoms with E-state index in [1.807, 2.05) is 0 Å². The summed E-state index contributed by atoms with van der Waals surface area (Å²) in [5.41, 5.74) is 12.9. The molecule has 7 aromatic carbocycles. The molecule has 4 aliphatic rings. The third-order valence-electron chi connectivity index (χ3n) is 12.7. The Kier molecular flexibility index (Phi) is 5.23. The second kappa shape index (κ2) is 9.46. The van der Waals surface area contributed by atoms with Crippen LogP contribution in [0.4, 0.5) is 17.1 Å². The molecular weight excluding hydrogens is 567 g/mol. The molecule has 5 unspecified atom stereocenters. The molecule has 11 rings (SSSR count). The maximum absolute atomic E-state index is 2.57. The van der Waals surface area contributed by atoms with E-state index in [0.717, 1.165) is 17.8 Å². The lowest BCUT2D eigenvalue weighted by molar-refractivity contribution is -0.252. The molecular formula is C46H35N. The van der Waals surface area contributed by atoms with Gasteiger partial charge in [0.25, 0.3) is 0 Å².